The quantitative estimate of drug-likeness (QED) is 0.759. The summed E-state index contributed by atoms with van der Waals surface area (Å²) in [4.78, 5) is 0. The third kappa shape index (κ3) is 1.83. The van der Waals surface area contributed by atoms with Crippen LogP contribution in [0.4, 0.5) is 0 Å². The van der Waals surface area contributed by atoms with Crippen molar-refractivity contribution in [1.29, 1.82) is 0 Å². The van der Waals surface area contributed by atoms with Crippen molar-refractivity contribution in [2.75, 3.05) is 6.54 Å². The van der Waals surface area contributed by atoms with Crippen molar-refractivity contribution in [2.45, 2.75) is 26.2 Å². The molecule has 1 aromatic rings. The smallest absolute Gasteiger partial charge is 0.00487 e. The van der Waals surface area contributed by atoms with E-state index in [1.165, 1.54) is 19.3 Å². The molecule has 0 aliphatic heterocycles. The molecule has 2 atom stereocenters. The van der Waals surface area contributed by atoms with Crippen LogP contribution in [0.1, 0.15) is 24.5 Å². The number of rotatable bonds is 2. The third-order valence-corrected chi connectivity index (χ3v) is 3.56. The lowest BCUT2D eigenvalue weighted by Gasteiger charge is -2.28. The number of hydrogen-bond donors (Lipinski definition) is 1. The molecule has 1 aromatic carbocycles. The molecule has 0 saturated heterocycles. The normalized spacial score (nSPS) is 22.9. The van der Waals surface area contributed by atoms with E-state index in [2.05, 4.69) is 31.2 Å². The van der Waals surface area contributed by atoms with Crippen LogP contribution in [-0.4, -0.2) is 6.54 Å². The van der Waals surface area contributed by atoms with Gasteiger partial charge in [-0.2, -0.15) is 0 Å². The third-order valence-electron chi connectivity index (χ3n) is 3.56. The highest BCUT2D eigenvalue weighted by Crippen LogP contribution is 2.29. The maximum absolute atomic E-state index is 5.72. The van der Waals surface area contributed by atoms with Crippen molar-refractivity contribution in [3.63, 3.8) is 0 Å². The van der Waals surface area contributed by atoms with Crippen LogP contribution in [0, 0.1) is 11.8 Å². The van der Waals surface area contributed by atoms with Gasteiger partial charge in [-0.1, -0.05) is 31.2 Å². The first-order chi connectivity index (χ1) is 6.81. The summed E-state index contributed by atoms with van der Waals surface area (Å²) in [7, 11) is 0. The zero-order valence-corrected chi connectivity index (χ0v) is 8.87. The van der Waals surface area contributed by atoms with E-state index >= 15 is 0 Å². The Morgan fingerprint density at radius 3 is 2.79 bits per heavy atom. The number of benzene rings is 1. The lowest BCUT2D eigenvalue weighted by molar-refractivity contribution is 0.327. The lowest BCUT2D eigenvalue weighted by atomic mass is 9.78. The molecular formula is C13H19N. The molecule has 1 heteroatoms. The number of fused-ring (bicyclic) bond motifs is 1. The van der Waals surface area contributed by atoms with Gasteiger partial charge < -0.3 is 5.73 Å². The molecule has 76 valence electrons. The molecule has 1 aliphatic rings. The SMILES string of the molecule is C[C@H](CN)C1CCc2ccccc2C1. The molecule has 0 radical (unpaired) electrons. The molecule has 0 spiro atoms. The van der Waals surface area contributed by atoms with Gasteiger partial charge >= 0.3 is 0 Å². The second-order valence-electron chi connectivity index (χ2n) is 4.48. The highest BCUT2D eigenvalue weighted by atomic mass is 14.5. The Bertz CT molecular complexity index is 306. The lowest BCUT2D eigenvalue weighted by Crippen LogP contribution is -2.26. The summed E-state index contributed by atoms with van der Waals surface area (Å²) in [5.74, 6) is 1.47. The predicted octanol–water partition coefficient (Wildman–Crippen LogP) is 2.39. The van der Waals surface area contributed by atoms with E-state index in [0.29, 0.717) is 5.92 Å². The van der Waals surface area contributed by atoms with Crippen LogP contribution in [0.5, 0.6) is 0 Å². The van der Waals surface area contributed by atoms with E-state index < -0.39 is 0 Å². The molecule has 0 amide bonds. The topological polar surface area (TPSA) is 26.0 Å². The fraction of sp³-hybridized carbons (Fsp3) is 0.538. The first kappa shape index (κ1) is 9.72. The fourth-order valence-electron chi connectivity index (χ4n) is 2.40. The Labute approximate surface area is 86.3 Å². The van der Waals surface area contributed by atoms with E-state index in [0.717, 1.165) is 12.5 Å². The molecule has 0 bridgehead atoms. The maximum Gasteiger partial charge on any atom is -0.00487 e. The van der Waals surface area contributed by atoms with Gasteiger partial charge in [0.25, 0.3) is 0 Å². The Hall–Kier alpha value is -0.820. The Kier molecular flexibility index (Phi) is 2.87. The van der Waals surface area contributed by atoms with Crippen LogP contribution in [0.15, 0.2) is 24.3 Å². The molecule has 0 aromatic heterocycles. The van der Waals surface area contributed by atoms with Crippen LogP contribution in [0.25, 0.3) is 0 Å². The van der Waals surface area contributed by atoms with E-state index in [1.807, 2.05) is 0 Å². The summed E-state index contributed by atoms with van der Waals surface area (Å²) in [6.45, 7) is 3.10. The van der Waals surface area contributed by atoms with Gasteiger partial charge in [0.05, 0.1) is 0 Å². The van der Waals surface area contributed by atoms with E-state index in [-0.39, 0.29) is 0 Å². The maximum atomic E-state index is 5.72. The van der Waals surface area contributed by atoms with Gasteiger partial charge in [0.2, 0.25) is 0 Å². The molecule has 0 heterocycles. The van der Waals surface area contributed by atoms with Crippen LogP contribution in [0.2, 0.25) is 0 Å². The molecule has 0 saturated carbocycles. The van der Waals surface area contributed by atoms with Crippen LogP contribution < -0.4 is 5.73 Å². The molecule has 1 aliphatic carbocycles. The molecule has 14 heavy (non-hydrogen) atoms. The van der Waals surface area contributed by atoms with Gasteiger partial charge in [-0.05, 0) is 48.8 Å². The zero-order valence-electron chi connectivity index (χ0n) is 8.87. The summed E-state index contributed by atoms with van der Waals surface area (Å²) >= 11 is 0. The van der Waals surface area contributed by atoms with Gasteiger partial charge in [0.1, 0.15) is 0 Å². The summed E-state index contributed by atoms with van der Waals surface area (Å²) in [6.07, 6.45) is 3.79. The monoisotopic (exact) mass is 189 g/mol. The predicted molar refractivity (Wildman–Crippen MR) is 60.2 cm³/mol. The highest BCUT2D eigenvalue weighted by molar-refractivity contribution is 5.29. The van der Waals surface area contributed by atoms with E-state index in [1.54, 1.807) is 11.1 Å². The summed E-state index contributed by atoms with van der Waals surface area (Å²) in [6, 6.07) is 8.82. The highest BCUT2D eigenvalue weighted by Gasteiger charge is 2.21. The molecule has 2 rings (SSSR count). The first-order valence-electron chi connectivity index (χ1n) is 5.58. The Morgan fingerprint density at radius 1 is 1.36 bits per heavy atom. The number of hydrogen-bond acceptors (Lipinski definition) is 1. The van der Waals surface area contributed by atoms with Gasteiger partial charge in [-0.25, -0.2) is 0 Å². The average molecular weight is 189 g/mol. The van der Waals surface area contributed by atoms with Crippen LogP contribution in [0.3, 0.4) is 0 Å². The molecular weight excluding hydrogens is 170 g/mol. The van der Waals surface area contributed by atoms with E-state index in [9.17, 15) is 0 Å². The minimum absolute atomic E-state index is 0.670. The van der Waals surface area contributed by atoms with Crippen molar-refractivity contribution in [1.82, 2.24) is 0 Å². The van der Waals surface area contributed by atoms with Crippen molar-refractivity contribution < 1.29 is 0 Å². The van der Waals surface area contributed by atoms with Crippen LogP contribution in [-0.2, 0) is 12.8 Å². The van der Waals surface area contributed by atoms with Crippen molar-refractivity contribution >= 4 is 0 Å². The molecule has 1 unspecified atom stereocenters. The molecule has 2 N–H and O–H groups in total. The molecule has 1 nitrogen and oxygen atoms in total. The molecule has 0 fully saturated rings. The first-order valence-corrected chi connectivity index (χ1v) is 5.58. The van der Waals surface area contributed by atoms with E-state index in [4.69, 9.17) is 5.73 Å². The van der Waals surface area contributed by atoms with Gasteiger partial charge in [0.15, 0.2) is 0 Å². The van der Waals surface area contributed by atoms with Crippen LogP contribution >= 0.6 is 0 Å². The Morgan fingerprint density at radius 2 is 2.07 bits per heavy atom. The number of nitrogens with two attached hydrogens (primary N) is 1. The zero-order chi connectivity index (χ0) is 9.97. The summed E-state index contributed by atoms with van der Waals surface area (Å²) in [5.41, 5.74) is 8.82. The largest absolute Gasteiger partial charge is 0.330 e. The van der Waals surface area contributed by atoms with Crippen molar-refractivity contribution in [3.05, 3.63) is 35.4 Å². The fourth-order valence-corrected chi connectivity index (χ4v) is 2.40. The standard InChI is InChI=1S/C13H19N/c1-10(9-14)12-7-6-11-4-2-3-5-13(11)8-12/h2-5,10,12H,6-9,14H2,1H3/t10-,12?/m1/s1. The van der Waals surface area contributed by atoms with Gasteiger partial charge in [0, 0.05) is 0 Å². The minimum atomic E-state index is 0.670. The second-order valence-corrected chi connectivity index (χ2v) is 4.48. The van der Waals surface area contributed by atoms with Crippen molar-refractivity contribution in [3.8, 4) is 0 Å². The summed E-state index contributed by atoms with van der Waals surface area (Å²) < 4.78 is 0. The Balaban J connectivity index is 2.13. The van der Waals surface area contributed by atoms with Gasteiger partial charge in [-0.3, -0.25) is 0 Å². The van der Waals surface area contributed by atoms with Crippen molar-refractivity contribution in [2.24, 2.45) is 17.6 Å². The minimum Gasteiger partial charge on any atom is -0.330 e. The summed E-state index contributed by atoms with van der Waals surface area (Å²) in [5, 5.41) is 0. The average Bonchev–Trinajstić information content (AvgIpc) is 2.27. The number of aryl methyl sites for hydroxylation is 1. The van der Waals surface area contributed by atoms with Gasteiger partial charge in [-0.15, -0.1) is 0 Å². The second kappa shape index (κ2) is 4.14.